The molecule has 0 saturated heterocycles. The zero-order valence-electron chi connectivity index (χ0n) is 7.24. The largest absolute Gasteiger partial charge is 0.291 e. The van der Waals surface area contributed by atoms with E-state index in [4.69, 9.17) is 5.26 Å². The van der Waals surface area contributed by atoms with Gasteiger partial charge >= 0.3 is 0 Å². The second kappa shape index (κ2) is 3.19. The van der Waals surface area contributed by atoms with Crippen LogP contribution in [0.3, 0.4) is 0 Å². The Morgan fingerprint density at radius 2 is 2.15 bits per heavy atom. The van der Waals surface area contributed by atoms with Gasteiger partial charge in [0, 0.05) is 6.07 Å². The van der Waals surface area contributed by atoms with Crippen LogP contribution in [0, 0.1) is 35.3 Å². The molecule has 1 heterocycles. The molecule has 0 aromatic carbocycles. The molecule has 0 N–H and O–H groups in total. The van der Waals surface area contributed by atoms with E-state index in [0.717, 1.165) is 0 Å². The Bertz CT molecular complexity index is 407. The highest BCUT2D eigenvalue weighted by Crippen LogP contribution is 2.18. The quantitative estimate of drug-likeness (QED) is 0.480. The number of aryl methyl sites for hydroxylation is 2. The number of aromatic nitrogens is 1. The van der Waals surface area contributed by atoms with E-state index in [2.05, 4.69) is 4.98 Å². The zero-order chi connectivity index (χ0) is 10.0. The van der Waals surface area contributed by atoms with Crippen LogP contribution in [-0.2, 0) is 0 Å². The highest BCUT2D eigenvalue weighted by Gasteiger charge is 2.14. The van der Waals surface area contributed by atoms with Crippen molar-refractivity contribution in [3.05, 3.63) is 33.1 Å². The Labute approximate surface area is 74.8 Å². The fourth-order valence-electron chi connectivity index (χ4n) is 1.01. The lowest BCUT2D eigenvalue weighted by Gasteiger charge is -1.99. The number of nitro groups is 1. The summed E-state index contributed by atoms with van der Waals surface area (Å²) in [5.41, 5.74) is 0.992. The highest BCUT2D eigenvalue weighted by molar-refractivity contribution is 5.45. The summed E-state index contributed by atoms with van der Waals surface area (Å²) in [6.45, 7) is 3.20. The summed E-state index contributed by atoms with van der Waals surface area (Å²) in [5, 5.41) is 19.1. The lowest BCUT2D eigenvalue weighted by atomic mass is 10.2. The van der Waals surface area contributed by atoms with Crippen molar-refractivity contribution < 1.29 is 4.92 Å². The lowest BCUT2D eigenvalue weighted by Crippen LogP contribution is -1.98. The van der Waals surface area contributed by atoms with Gasteiger partial charge in [0.15, 0.2) is 0 Å². The summed E-state index contributed by atoms with van der Waals surface area (Å²) in [6.07, 6.45) is 0. The third-order valence-corrected chi connectivity index (χ3v) is 1.69. The second-order valence-electron chi connectivity index (χ2n) is 2.59. The number of rotatable bonds is 1. The molecule has 0 spiro atoms. The highest BCUT2D eigenvalue weighted by atomic mass is 16.6. The number of pyridine rings is 1. The number of hydrogen-bond acceptors (Lipinski definition) is 4. The van der Waals surface area contributed by atoms with Gasteiger partial charge in [-0.3, -0.25) is 10.1 Å². The van der Waals surface area contributed by atoms with Crippen molar-refractivity contribution in [3.63, 3.8) is 0 Å². The molecule has 0 bridgehead atoms. The molecule has 5 heteroatoms. The van der Waals surface area contributed by atoms with Crippen molar-refractivity contribution in [2.24, 2.45) is 0 Å². The van der Waals surface area contributed by atoms with Crippen LogP contribution in [-0.4, -0.2) is 9.91 Å². The maximum Gasteiger partial charge on any atom is 0.291 e. The van der Waals surface area contributed by atoms with E-state index in [-0.39, 0.29) is 11.3 Å². The SMILES string of the molecule is Cc1nc(C)c([N+](=O)[O-])cc1C#N. The van der Waals surface area contributed by atoms with E-state index in [1.165, 1.54) is 6.07 Å². The zero-order valence-corrected chi connectivity index (χ0v) is 7.24. The fourth-order valence-corrected chi connectivity index (χ4v) is 1.01. The van der Waals surface area contributed by atoms with Gasteiger partial charge in [-0.25, -0.2) is 4.98 Å². The number of nitriles is 1. The molecule has 0 radical (unpaired) electrons. The van der Waals surface area contributed by atoms with Gasteiger partial charge in [0.1, 0.15) is 11.8 Å². The molecule has 0 fully saturated rings. The van der Waals surface area contributed by atoms with Crippen molar-refractivity contribution in [1.82, 2.24) is 4.98 Å². The fraction of sp³-hybridized carbons (Fsp3) is 0.250. The smallest absolute Gasteiger partial charge is 0.258 e. The van der Waals surface area contributed by atoms with Crippen LogP contribution in [0.4, 0.5) is 5.69 Å². The van der Waals surface area contributed by atoms with Crippen molar-refractivity contribution in [2.75, 3.05) is 0 Å². The summed E-state index contributed by atoms with van der Waals surface area (Å²) >= 11 is 0. The van der Waals surface area contributed by atoms with Crippen LogP contribution < -0.4 is 0 Å². The molecule has 0 aliphatic rings. The average Bonchev–Trinajstić information content (AvgIpc) is 2.03. The Balaban J connectivity index is 3.41. The second-order valence-corrected chi connectivity index (χ2v) is 2.59. The molecule has 0 unspecified atom stereocenters. The van der Waals surface area contributed by atoms with Gasteiger partial charge in [0.05, 0.1) is 16.2 Å². The van der Waals surface area contributed by atoms with Crippen LogP contribution >= 0.6 is 0 Å². The Kier molecular flexibility index (Phi) is 2.24. The van der Waals surface area contributed by atoms with Crippen molar-refractivity contribution in [2.45, 2.75) is 13.8 Å². The first-order valence-corrected chi connectivity index (χ1v) is 3.59. The molecule has 66 valence electrons. The first-order chi connectivity index (χ1) is 6.06. The topological polar surface area (TPSA) is 79.8 Å². The monoisotopic (exact) mass is 177 g/mol. The summed E-state index contributed by atoms with van der Waals surface area (Å²) in [5.74, 6) is 0. The number of nitrogens with zero attached hydrogens (tertiary/aromatic N) is 3. The molecule has 0 atom stereocenters. The molecule has 0 saturated carbocycles. The standard InChI is InChI=1S/C8H7N3O2/c1-5-7(4-9)3-8(11(12)13)6(2)10-5/h3H,1-2H3. The van der Waals surface area contributed by atoms with E-state index in [1.54, 1.807) is 13.8 Å². The summed E-state index contributed by atoms with van der Waals surface area (Å²) < 4.78 is 0. The van der Waals surface area contributed by atoms with Gasteiger partial charge < -0.3 is 0 Å². The minimum atomic E-state index is -0.539. The maximum atomic E-state index is 10.5. The van der Waals surface area contributed by atoms with E-state index in [0.29, 0.717) is 11.4 Å². The van der Waals surface area contributed by atoms with Crippen LogP contribution in [0.1, 0.15) is 17.0 Å². The minimum absolute atomic E-state index is 0.109. The average molecular weight is 177 g/mol. The summed E-state index contributed by atoms with van der Waals surface area (Å²) in [4.78, 5) is 13.8. The minimum Gasteiger partial charge on any atom is -0.258 e. The molecule has 0 aliphatic carbocycles. The first kappa shape index (κ1) is 9.13. The molecule has 13 heavy (non-hydrogen) atoms. The van der Waals surface area contributed by atoms with Gasteiger partial charge in [0.25, 0.3) is 5.69 Å². The van der Waals surface area contributed by atoms with Gasteiger partial charge in [-0.05, 0) is 13.8 Å². The van der Waals surface area contributed by atoms with Crippen molar-refractivity contribution in [3.8, 4) is 6.07 Å². The third-order valence-electron chi connectivity index (χ3n) is 1.69. The molecule has 1 rings (SSSR count). The van der Waals surface area contributed by atoms with Crippen LogP contribution in [0.15, 0.2) is 6.07 Å². The van der Waals surface area contributed by atoms with E-state index < -0.39 is 4.92 Å². The van der Waals surface area contributed by atoms with Gasteiger partial charge in [-0.15, -0.1) is 0 Å². The van der Waals surface area contributed by atoms with Gasteiger partial charge in [-0.2, -0.15) is 5.26 Å². The van der Waals surface area contributed by atoms with Crippen LogP contribution in [0.25, 0.3) is 0 Å². The van der Waals surface area contributed by atoms with E-state index in [1.807, 2.05) is 6.07 Å². The molecule has 0 amide bonds. The predicted molar refractivity (Wildman–Crippen MR) is 45.1 cm³/mol. The molecule has 1 aromatic rings. The normalized spacial score (nSPS) is 9.31. The molecule has 5 nitrogen and oxygen atoms in total. The third kappa shape index (κ3) is 1.62. The maximum absolute atomic E-state index is 10.5. The van der Waals surface area contributed by atoms with Crippen molar-refractivity contribution >= 4 is 5.69 Å². The van der Waals surface area contributed by atoms with Gasteiger partial charge in [0.2, 0.25) is 0 Å². The van der Waals surface area contributed by atoms with E-state index >= 15 is 0 Å². The number of hydrogen-bond donors (Lipinski definition) is 0. The Morgan fingerprint density at radius 3 is 2.62 bits per heavy atom. The van der Waals surface area contributed by atoms with Crippen LogP contribution in [0.5, 0.6) is 0 Å². The molecular formula is C8H7N3O2. The Morgan fingerprint density at radius 1 is 1.54 bits per heavy atom. The van der Waals surface area contributed by atoms with E-state index in [9.17, 15) is 10.1 Å². The van der Waals surface area contributed by atoms with Crippen molar-refractivity contribution in [1.29, 1.82) is 5.26 Å². The van der Waals surface area contributed by atoms with Gasteiger partial charge in [-0.1, -0.05) is 0 Å². The predicted octanol–water partition coefficient (Wildman–Crippen LogP) is 1.48. The summed E-state index contributed by atoms with van der Waals surface area (Å²) in [6, 6.07) is 3.10. The molecule has 1 aromatic heterocycles. The first-order valence-electron chi connectivity index (χ1n) is 3.59. The lowest BCUT2D eigenvalue weighted by molar-refractivity contribution is -0.385. The summed E-state index contributed by atoms with van der Waals surface area (Å²) in [7, 11) is 0. The molecule has 0 aliphatic heterocycles. The Hall–Kier alpha value is -1.96. The van der Waals surface area contributed by atoms with Crippen LogP contribution in [0.2, 0.25) is 0 Å². The molecular weight excluding hydrogens is 170 g/mol.